The third-order valence-corrected chi connectivity index (χ3v) is 3.38. The molecule has 1 aromatic heterocycles. The Bertz CT molecular complexity index is 600. The lowest BCUT2D eigenvalue weighted by Crippen LogP contribution is -2.08. The lowest BCUT2D eigenvalue weighted by Gasteiger charge is -2.06. The Hall–Kier alpha value is -2.10. The summed E-state index contributed by atoms with van der Waals surface area (Å²) in [5.74, 6) is 0.912. The minimum Gasteiger partial charge on any atom is -0.494 e. The number of rotatable bonds is 7. The number of aryl methyl sites for hydroxylation is 2. The Labute approximate surface area is 125 Å². The Morgan fingerprint density at radius 2 is 2.00 bits per heavy atom. The van der Waals surface area contributed by atoms with Gasteiger partial charge in [-0.2, -0.15) is 5.10 Å². The first-order chi connectivity index (χ1) is 10.1. The molecule has 0 spiro atoms. The number of unbranched alkanes of at least 4 members (excludes halogenated alkanes) is 1. The number of ketones is 1. The van der Waals surface area contributed by atoms with Crippen LogP contribution < -0.4 is 4.74 Å². The minimum absolute atomic E-state index is 0.0955. The highest BCUT2D eigenvalue weighted by Crippen LogP contribution is 2.15. The first-order valence-electron chi connectivity index (χ1n) is 7.35. The Balaban J connectivity index is 1.98. The van der Waals surface area contributed by atoms with E-state index in [0.717, 1.165) is 36.6 Å². The summed E-state index contributed by atoms with van der Waals surface area (Å²) in [7, 11) is 1.86. The van der Waals surface area contributed by atoms with Gasteiger partial charge in [-0.25, -0.2) is 0 Å². The molecule has 2 rings (SSSR count). The molecule has 1 heterocycles. The highest BCUT2D eigenvalue weighted by Gasteiger charge is 2.11. The number of carbonyl (C=O) groups is 1. The van der Waals surface area contributed by atoms with Crippen LogP contribution in [0.25, 0.3) is 0 Å². The van der Waals surface area contributed by atoms with Gasteiger partial charge in [0, 0.05) is 18.3 Å². The van der Waals surface area contributed by atoms with E-state index in [1.54, 1.807) is 4.68 Å². The Morgan fingerprint density at radius 1 is 1.29 bits per heavy atom. The Morgan fingerprint density at radius 3 is 2.57 bits per heavy atom. The number of nitrogens with zero attached hydrogens (tertiary/aromatic N) is 2. The van der Waals surface area contributed by atoms with Gasteiger partial charge in [-0.05, 0) is 43.7 Å². The fraction of sp³-hybridized carbons (Fsp3) is 0.412. The van der Waals surface area contributed by atoms with E-state index in [1.165, 1.54) is 0 Å². The van der Waals surface area contributed by atoms with Crippen molar-refractivity contribution in [2.24, 2.45) is 7.05 Å². The lowest BCUT2D eigenvalue weighted by atomic mass is 10.1. The second-order valence-electron chi connectivity index (χ2n) is 5.23. The number of Topliss-reactive ketones (excluding diaryl/α,β-unsaturated/α-hetero) is 1. The number of carbonyl (C=O) groups excluding carboxylic acids is 1. The zero-order chi connectivity index (χ0) is 15.2. The molecule has 0 aliphatic rings. The van der Waals surface area contributed by atoms with Crippen molar-refractivity contribution in [2.75, 3.05) is 6.61 Å². The molecule has 0 radical (unpaired) electrons. The SMILES string of the molecule is CCCCOc1ccc(C(=O)Cc2cc(C)nn2C)cc1. The van der Waals surface area contributed by atoms with E-state index < -0.39 is 0 Å². The van der Waals surface area contributed by atoms with Crippen molar-refractivity contribution in [3.63, 3.8) is 0 Å². The van der Waals surface area contributed by atoms with E-state index in [1.807, 2.05) is 44.3 Å². The molecule has 0 fully saturated rings. The first kappa shape index (κ1) is 15.3. The molecule has 2 aromatic rings. The lowest BCUT2D eigenvalue weighted by molar-refractivity contribution is 0.0990. The van der Waals surface area contributed by atoms with Gasteiger partial charge in [-0.15, -0.1) is 0 Å². The van der Waals surface area contributed by atoms with Crippen LogP contribution in [0.4, 0.5) is 0 Å². The molecule has 4 nitrogen and oxygen atoms in total. The molecular formula is C17H22N2O2. The summed E-state index contributed by atoms with van der Waals surface area (Å²) in [6.45, 7) is 4.78. The van der Waals surface area contributed by atoms with Crippen LogP contribution in [0, 0.1) is 6.92 Å². The van der Waals surface area contributed by atoms with Gasteiger partial charge in [-0.1, -0.05) is 13.3 Å². The van der Waals surface area contributed by atoms with E-state index in [9.17, 15) is 4.79 Å². The highest BCUT2D eigenvalue weighted by molar-refractivity contribution is 5.97. The summed E-state index contributed by atoms with van der Waals surface area (Å²) < 4.78 is 7.36. The maximum absolute atomic E-state index is 12.3. The first-order valence-corrected chi connectivity index (χ1v) is 7.35. The summed E-state index contributed by atoms with van der Waals surface area (Å²) in [6.07, 6.45) is 2.52. The summed E-state index contributed by atoms with van der Waals surface area (Å²) in [5, 5.41) is 4.26. The standard InChI is InChI=1S/C17H22N2O2/c1-4-5-10-21-16-8-6-14(7-9-16)17(20)12-15-11-13(2)18-19(15)3/h6-9,11H,4-5,10,12H2,1-3H3. The fourth-order valence-electron chi connectivity index (χ4n) is 2.17. The van der Waals surface area contributed by atoms with Crippen molar-refractivity contribution >= 4 is 5.78 Å². The van der Waals surface area contributed by atoms with Gasteiger partial charge in [-0.3, -0.25) is 9.48 Å². The number of ether oxygens (including phenoxy) is 1. The predicted molar refractivity (Wildman–Crippen MR) is 82.8 cm³/mol. The van der Waals surface area contributed by atoms with Gasteiger partial charge < -0.3 is 4.74 Å². The summed E-state index contributed by atoms with van der Waals surface area (Å²) in [4.78, 5) is 12.3. The van der Waals surface area contributed by atoms with E-state index in [4.69, 9.17) is 4.74 Å². The van der Waals surface area contributed by atoms with Crippen molar-refractivity contribution in [1.82, 2.24) is 9.78 Å². The molecule has 0 N–H and O–H groups in total. The predicted octanol–water partition coefficient (Wildman–Crippen LogP) is 3.33. The fourth-order valence-corrected chi connectivity index (χ4v) is 2.17. The molecule has 0 aliphatic heterocycles. The number of aromatic nitrogens is 2. The molecule has 0 unspecified atom stereocenters. The molecule has 0 saturated heterocycles. The van der Waals surface area contributed by atoms with Crippen LogP contribution in [0.1, 0.15) is 41.5 Å². The zero-order valence-electron chi connectivity index (χ0n) is 12.9. The monoisotopic (exact) mass is 286 g/mol. The van der Waals surface area contributed by atoms with Gasteiger partial charge in [0.1, 0.15) is 5.75 Å². The van der Waals surface area contributed by atoms with E-state index in [2.05, 4.69) is 12.0 Å². The van der Waals surface area contributed by atoms with Crippen molar-refractivity contribution in [2.45, 2.75) is 33.1 Å². The quantitative estimate of drug-likeness (QED) is 0.579. The summed E-state index contributed by atoms with van der Waals surface area (Å²) >= 11 is 0. The van der Waals surface area contributed by atoms with Gasteiger partial charge >= 0.3 is 0 Å². The third kappa shape index (κ3) is 4.18. The van der Waals surface area contributed by atoms with Crippen LogP contribution in [-0.4, -0.2) is 22.2 Å². The van der Waals surface area contributed by atoms with Crippen molar-refractivity contribution in [3.05, 3.63) is 47.3 Å². The molecule has 0 aliphatic carbocycles. The highest BCUT2D eigenvalue weighted by atomic mass is 16.5. The molecule has 0 saturated carbocycles. The van der Waals surface area contributed by atoms with E-state index in [-0.39, 0.29) is 5.78 Å². The minimum atomic E-state index is 0.0955. The summed E-state index contributed by atoms with van der Waals surface area (Å²) in [6, 6.07) is 9.31. The molecular weight excluding hydrogens is 264 g/mol. The van der Waals surface area contributed by atoms with Crippen molar-refractivity contribution in [3.8, 4) is 5.75 Å². The smallest absolute Gasteiger partial charge is 0.168 e. The second-order valence-corrected chi connectivity index (χ2v) is 5.23. The maximum atomic E-state index is 12.3. The van der Waals surface area contributed by atoms with Crippen LogP contribution in [0.5, 0.6) is 5.75 Å². The van der Waals surface area contributed by atoms with E-state index >= 15 is 0 Å². The molecule has 0 amide bonds. The van der Waals surface area contributed by atoms with Crippen LogP contribution in [0.2, 0.25) is 0 Å². The zero-order valence-corrected chi connectivity index (χ0v) is 12.9. The molecule has 4 heteroatoms. The molecule has 21 heavy (non-hydrogen) atoms. The van der Waals surface area contributed by atoms with Gasteiger partial charge in [0.25, 0.3) is 0 Å². The Kier molecular flexibility index (Phi) is 5.14. The normalized spacial score (nSPS) is 10.6. The number of hydrogen-bond acceptors (Lipinski definition) is 3. The molecule has 0 atom stereocenters. The maximum Gasteiger partial charge on any atom is 0.168 e. The van der Waals surface area contributed by atoms with Crippen LogP contribution in [0.15, 0.2) is 30.3 Å². The molecule has 112 valence electrons. The molecule has 0 bridgehead atoms. The van der Waals surface area contributed by atoms with Crippen molar-refractivity contribution < 1.29 is 9.53 Å². The van der Waals surface area contributed by atoms with Crippen LogP contribution >= 0.6 is 0 Å². The molecule has 1 aromatic carbocycles. The third-order valence-electron chi connectivity index (χ3n) is 3.38. The average Bonchev–Trinajstić information content (AvgIpc) is 2.78. The largest absolute Gasteiger partial charge is 0.494 e. The second kappa shape index (κ2) is 7.07. The van der Waals surface area contributed by atoms with Crippen LogP contribution in [0.3, 0.4) is 0 Å². The number of hydrogen-bond donors (Lipinski definition) is 0. The van der Waals surface area contributed by atoms with Gasteiger partial charge in [0.05, 0.1) is 18.7 Å². The van der Waals surface area contributed by atoms with Gasteiger partial charge in [0.15, 0.2) is 5.78 Å². The topological polar surface area (TPSA) is 44.1 Å². The summed E-state index contributed by atoms with van der Waals surface area (Å²) in [5.41, 5.74) is 2.57. The van der Waals surface area contributed by atoms with Crippen LogP contribution in [-0.2, 0) is 13.5 Å². The van der Waals surface area contributed by atoms with E-state index in [0.29, 0.717) is 12.0 Å². The number of benzene rings is 1. The van der Waals surface area contributed by atoms with Crippen molar-refractivity contribution in [1.29, 1.82) is 0 Å². The average molecular weight is 286 g/mol. The van der Waals surface area contributed by atoms with Gasteiger partial charge in [0.2, 0.25) is 0 Å².